The lowest BCUT2D eigenvalue weighted by molar-refractivity contribution is -0.355. The summed E-state index contributed by atoms with van der Waals surface area (Å²) < 4.78 is 14.9. The molecule has 3 nitrogen and oxygen atoms in total. The van der Waals surface area contributed by atoms with Gasteiger partial charge in [0.1, 0.15) is 11.4 Å². The van der Waals surface area contributed by atoms with Crippen molar-refractivity contribution in [2.24, 2.45) is 0 Å². The highest BCUT2D eigenvalue weighted by molar-refractivity contribution is 9.10. The van der Waals surface area contributed by atoms with Crippen LogP contribution in [0.5, 0.6) is 0 Å². The van der Waals surface area contributed by atoms with Gasteiger partial charge in [0.25, 0.3) is 11.5 Å². The summed E-state index contributed by atoms with van der Waals surface area (Å²) in [5.41, 5.74) is 0.304. The minimum absolute atomic E-state index is 0.0543. The zero-order valence-corrected chi connectivity index (χ0v) is 11.1. The lowest BCUT2D eigenvalue weighted by Crippen LogP contribution is -2.17. The van der Waals surface area contributed by atoms with Gasteiger partial charge in [-0.2, -0.15) is 4.74 Å². The molecule has 0 saturated heterocycles. The normalized spacial score (nSPS) is 13.9. The predicted molar refractivity (Wildman–Crippen MR) is 72.3 cm³/mol. The number of halogens is 2. The Hall–Kier alpha value is -2.01. The number of hydrogen-bond acceptors (Lipinski definition) is 2. The highest BCUT2D eigenvalue weighted by Crippen LogP contribution is 2.30. The van der Waals surface area contributed by atoms with E-state index >= 15 is 0 Å². The van der Waals surface area contributed by atoms with Crippen molar-refractivity contribution in [3.05, 3.63) is 69.1 Å². The summed E-state index contributed by atoms with van der Waals surface area (Å²) in [6.07, 6.45) is 0. The Balaban J connectivity index is 2.23. The number of Topliss-reactive ketones (excluding diaryl/α,β-unsaturated/α-hetero) is 1. The molecule has 2 aromatic carbocycles. The van der Waals surface area contributed by atoms with Gasteiger partial charge < -0.3 is 5.21 Å². The SMILES string of the molecule is O=C1C(c2cccc(Br)c2)=[N+]([O-])c2cccc(F)c21. The van der Waals surface area contributed by atoms with E-state index in [0.29, 0.717) is 10.3 Å². The number of ketones is 1. The fraction of sp³-hybridized carbons (Fsp3) is 0. The van der Waals surface area contributed by atoms with Crippen molar-refractivity contribution < 1.29 is 13.9 Å². The van der Waals surface area contributed by atoms with Crippen LogP contribution in [0, 0.1) is 11.0 Å². The van der Waals surface area contributed by atoms with Crippen molar-refractivity contribution >= 4 is 33.1 Å². The van der Waals surface area contributed by atoms with E-state index in [1.165, 1.54) is 18.2 Å². The highest BCUT2D eigenvalue weighted by atomic mass is 79.9. The van der Waals surface area contributed by atoms with Crippen LogP contribution in [0.15, 0.2) is 46.9 Å². The summed E-state index contributed by atoms with van der Waals surface area (Å²) in [7, 11) is 0. The van der Waals surface area contributed by atoms with E-state index in [2.05, 4.69) is 15.9 Å². The van der Waals surface area contributed by atoms with Crippen LogP contribution in [-0.2, 0) is 0 Å². The number of rotatable bonds is 1. The molecule has 5 heteroatoms. The molecule has 94 valence electrons. The third-order valence-electron chi connectivity index (χ3n) is 2.95. The third kappa shape index (κ3) is 1.77. The fourth-order valence-corrected chi connectivity index (χ4v) is 2.52. The zero-order valence-electron chi connectivity index (χ0n) is 9.56. The molecule has 0 radical (unpaired) electrons. The van der Waals surface area contributed by atoms with Gasteiger partial charge >= 0.3 is 0 Å². The second-order valence-electron chi connectivity index (χ2n) is 4.12. The molecular weight excluding hydrogens is 313 g/mol. The molecule has 19 heavy (non-hydrogen) atoms. The lowest BCUT2D eigenvalue weighted by Gasteiger charge is -2.02. The van der Waals surface area contributed by atoms with Gasteiger partial charge in [-0.05, 0) is 24.3 Å². The van der Waals surface area contributed by atoms with Crippen molar-refractivity contribution in [2.75, 3.05) is 0 Å². The average Bonchev–Trinajstić information content (AvgIpc) is 2.63. The van der Waals surface area contributed by atoms with Crippen LogP contribution in [0.4, 0.5) is 10.1 Å². The Bertz CT molecular complexity index is 740. The van der Waals surface area contributed by atoms with Crippen molar-refractivity contribution in [2.45, 2.75) is 0 Å². The molecule has 3 rings (SSSR count). The number of carbonyl (C=O) groups excluding carboxylic acids is 1. The summed E-state index contributed by atoms with van der Waals surface area (Å²) in [5.74, 6) is -1.26. The van der Waals surface area contributed by atoms with Crippen molar-refractivity contribution in [3.63, 3.8) is 0 Å². The van der Waals surface area contributed by atoms with E-state index in [9.17, 15) is 14.4 Å². The maximum absolute atomic E-state index is 13.7. The average molecular weight is 320 g/mol. The molecule has 1 heterocycles. The topological polar surface area (TPSA) is 43.1 Å². The molecule has 0 aliphatic carbocycles. The molecule has 0 amide bonds. The second kappa shape index (κ2) is 4.28. The van der Waals surface area contributed by atoms with Gasteiger partial charge in [-0.15, -0.1) is 0 Å². The van der Waals surface area contributed by atoms with Crippen molar-refractivity contribution in [1.29, 1.82) is 0 Å². The minimum Gasteiger partial charge on any atom is -0.618 e. The van der Waals surface area contributed by atoms with Crippen LogP contribution >= 0.6 is 15.9 Å². The van der Waals surface area contributed by atoms with Gasteiger partial charge in [0.2, 0.25) is 5.69 Å². The summed E-state index contributed by atoms with van der Waals surface area (Å²) >= 11 is 3.28. The number of carbonyl (C=O) groups is 1. The summed E-state index contributed by atoms with van der Waals surface area (Å²) in [4.78, 5) is 12.2. The molecule has 2 aromatic rings. The standard InChI is InChI=1S/C14H7BrFNO2/c15-9-4-1-3-8(7-9)13-14(18)12-10(16)5-2-6-11(12)17(13)19/h1-7H. The molecule has 1 aliphatic heterocycles. The van der Waals surface area contributed by atoms with Gasteiger partial charge in [0.15, 0.2) is 0 Å². The largest absolute Gasteiger partial charge is 0.618 e. The molecule has 0 unspecified atom stereocenters. The van der Waals surface area contributed by atoms with Crippen molar-refractivity contribution in [1.82, 2.24) is 0 Å². The van der Waals surface area contributed by atoms with Gasteiger partial charge in [-0.1, -0.05) is 28.1 Å². The monoisotopic (exact) mass is 319 g/mol. The molecule has 0 saturated carbocycles. The number of nitrogens with zero attached hydrogens (tertiary/aromatic N) is 1. The molecule has 0 fully saturated rings. The van der Waals surface area contributed by atoms with Gasteiger partial charge in [-0.25, -0.2) is 4.39 Å². The van der Waals surface area contributed by atoms with Gasteiger partial charge in [0, 0.05) is 10.5 Å². The Morgan fingerprint density at radius 2 is 1.89 bits per heavy atom. The first-order valence-electron chi connectivity index (χ1n) is 5.53. The molecule has 0 aromatic heterocycles. The Morgan fingerprint density at radius 3 is 2.58 bits per heavy atom. The summed E-state index contributed by atoms with van der Waals surface area (Å²) in [6, 6.07) is 10.8. The van der Waals surface area contributed by atoms with E-state index in [1.807, 2.05) is 0 Å². The maximum Gasteiger partial charge on any atom is 0.273 e. The number of fused-ring (bicyclic) bond motifs is 1. The van der Waals surface area contributed by atoms with Crippen LogP contribution in [0.3, 0.4) is 0 Å². The smallest absolute Gasteiger partial charge is 0.273 e. The van der Waals surface area contributed by atoms with Crippen LogP contribution in [-0.4, -0.2) is 16.2 Å². The number of benzene rings is 2. The van der Waals surface area contributed by atoms with E-state index in [1.54, 1.807) is 24.3 Å². The van der Waals surface area contributed by atoms with Crippen LogP contribution < -0.4 is 0 Å². The van der Waals surface area contributed by atoms with E-state index in [0.717, 1.165) is 4.47 Å². The fourth-order valence-electron chi connectivity index (χ4n) is 2.12. The van der Waals surface area contributed by atoms with E-state index in [-0.39, 0.29) is 17.0 Å². The van der Waals surface area contributed by atoms with Crippen molar-refractivity contribution in [3.8, 4) is 0 Å². The second-order valence-corrected chi connectivity index (χ2v) is 5.03. The first-order chi connectivity index (χ1) is 9.09. The summed E-state index contributed by atoms with van der Waals surface area (Å²) in [6.45, 7) is 0. The van der Waals surface area contributed by atoms with Crippen LogP contribution in [0.1, 0.15) is 15.9 Å². The Labute approximate surface area is 116 Å². The third-order valence-corrected chi connectivity index (χ3v) is 3.45. The summed E-state index contributed by atoms with van der Waals surface area (Å²) in [5, 5.41) is 12.1. The molecule has 0 spiro atoms. The quantitative estimate of drug-likeness (QED) is 0.597. The molecule has 0 bridgehead atoms. The van der Waals surface area contributed by atoms with Crippen LogP contribution in [0.25, 0.3) is 0 Å². The highest BCUT2D eigenvalue weighted by Gasteiger charge is 2.38. The Kier molecular flexibility index (Phi) is 2.71. The van der Waals surface area contributed by atoms with E-state index in [4.69, 9.17) is 0 Å². The Morgan fingerprint density at radius 1 is 1.16 bits per heavy atom. The molecule has 0 N–H and O–H groups in total. The predicted octanol–water partition coefficient (Wildman–Crippen LogP) is 3.42. The first-order valence-corrected chi connectivity index (χ1v) is 6.32. The molecular formula is C14H7BrFNO2. The first kappa shape index (κ1) is 12.0. The van der Waals surface area contributed by atoms with Gasteiger partial charge in [-0.3, -0.25) is 4.79 Å². The number of hydrogen-bond donors (Lipinski definition) is 0. The lowest BCUT2D eigenvalue weighted by atomic mass is 10.0. The minimum atomic E-state index is -0.673. The van der Waals surface area contributed by atoms with E-state index < -0.39 is 11.6 Å². The molecule has 0 atom stereocenters. The zero-order chi connectivity index (χ0) is 13.6. The van der Waals surface area contributed by atoms with Crippen LogP contribution in [0.2, 0.25) is 0 Å². The molecule has 1 aliphatic rings. The maximum atomic E-state index is 13.7. The van der Waals surface area contributed by atoms with Gasteiger partial charge in [0.05, 0.1) is 5.56 Å².